The van der Waals surface area contributed by atoms with E-state index >= 15 is 0 Å². The van der Waals surface area contributed by atoms with Gasteiger partial charge in [0.1, 0.15) is 0 Å². The number of aromatic nitrogens is 2. The van der Waals surface area contributed by atoms with E-state index in [0.29, 0.717) is 30.8 Å². The Hall–Kier alpha value is -2.67. The molecule has 26 heavy (non-hydrogen) atoms. The van der Waals surface area contributed by atoms with E-state index in [1.807, 2.05) is 24.6 Å². The Bertz CT molecular complexity index is 723. The van der Waals surface area contributed by atoms with Gasteiger partial charge in [-0.2, -0.15) is 0 Å². The minimum absolute atomic E-state index is 0.116. The summed E-state index contributed by atoms with van der Waals surface area (Å²) in [6.45, 7) is 4.99. The third-order valence-corrected chi connectivity index (χ3v) is 4.57. The molecular formula is C19H27N5O2. The maximum atomic E-state index is 12.4. The van der Waals surface area contributed by atoms with Crippen LogP contribution in [0.1, 0.15) is 43.5 Å². The number of hydrogen-bond donors (Lipinski definition) is 3. The topological polar surface area (TPSA) is 102 Å². The van der Waals surface area contributed by atoms with Crippen LogP contribution in [0.4, 0.5) is 5.69 Å². The molecule has 2 aromatic rings. The smallest absolute Gasteiger partial charge is 0.251 e. The number of carbonyl (C=O) groups is 2. The van der Waals surface area contributed by atoms with E-state index in [-0.39, 0.29) is 11.8 Å². The minimum Gasteiger partial charge on any atom is -0.350 e. The molecule has 0 unspecified atom stereocenters. The Morgan fingerprint density at radius 1 is 1.27 bits per heavy atom. The predicted molar refractivity (Wildman–Crippen MR) is 102 cm³/mol. The number of imidazole rings is 1. The summed E-state index contributed by atoms with van der Waals surface area (Å²) in [5, 5.41) is 5.70. The molecular weight excluding hydrogens is 330 g/mol. The fourth-order valence-electron chi connectivity index (χ4n) is 2.47. The lowest BCUT2D eigenvalue weighted by molar-refractivity contribution is -0.116. The molecule has 0 saturated heterocycles. The summed E-state index contributed by atoms with van der Waals surface area (Å²) in [5.74, 6) is -0.314. The van der Waals surface area contributed by atoms with E-state index in [1.54, 1.807) is 36.8 Å². The molecule has 0 bridgehead atoms. The number of anilines is 1. The number of rotatable bonds is 9. The average Bonchev–Trinajstić information content (AvgIpc) is 3.18. The first-order chi connectivity index (χ1) is 12.5. The van der Waals surface area contributed by atoms with Crippen LogP contribution in [-0.4, -0.2) is 33.4 Å². The first kappa shape index (κ1) is 19.7. The fraction of sp³-hybridized carbons (Fsp3) is 0.421. The third kappa shape index (κ3) is 5.70. The molecule has 0 atom stereocenters. The van der Waals surface area contributed by atoms with Gasteiger partial charge in [-0.3, -0.25) is 9.59 Å². The zero-order valence-electron chi connectivity index (χ0n) is 15.4. The standard InChI is InChI=1S/C19H27N5O2/c1-3-19(20,4-2)13-22-18(26)15-6-5-7-16(12-15)23-17(25)8-10-24-11-9-21-14-24/h5-7,9,11-12,14H,3-4,8,10,13,20H2,1-2H3,(H,22,26)(H,23,25). The zero-order valence-corrected chi connectivity index (χ0v) is 15.4. The lowest BCUT2D eigenvalue weighted by Gasteiger charge is -2.26. The number of carbonyl (C=O) groups excluding carboxylic acids is 2. The lowest BCUT2D eigenvalue weighted by atomic mass is 9.94. The third-order valence-electron chi connectivity index (χ3n) is 4.57. The molecule has 2 rings (SSSR count). The molecule has 1 aromatic heterocycles. The van der Waals surface area contributed by atoms with Crippen molar-refractivity contribution in [1.82, 2.24) is 14.9 Å². The first-order valence-electron chi connectivity index (χ1n) is 8.88. The number of benzene rings is 1. The van der Waals surface area contributed by atoms with E-state index in [9.17, 15) is 9.59 Å². The van der Waals surface area contributed by atoms with Crippen molar-refractivity contribution < 1.29 is 9.59 Å². The Balaban J connectivity index is 1.90. The quantitative estimate of drug-likeness (QED) is 0.640. The maximum absolute atomic E-state index is 12.4. The molecule has 4 N–H and O–H groups in total. The zero-order chi connectivity index (χ0) is 19.0. The highest BCUT2D eigenvalue weighted by Crippen LogP contribution is 2.13. The molecule has 7 heteroatoms. The van der Waals surface area contributed by atoms with E-state index in [0.717, 1.165) is 12.8 Å². The maximum Gasteiger partial charge on any atom is 0.251 e. The largest absolute Gasteiger partial charge is 0.350 e. The second-order valence-electron chi connectivity index (χ2n) is 6.43. The van der Waals surface area contributed by atoms with Crippen LogP contribution in [0.5, 0.6) is 0 Å². The monoisotopic (exact) mass is 357 g/mol. The summed E-state index contributed by atoms with van der Waals surface area (Å²) >= 11 is 0. The molecule has 140 valence electrons. The van der Waals surface area contributed by atoms with Gasteiger partial charge in [0, 0.05) is 48.7 Å². The molecule has 0 aliphatic rings. The lowest BCUT2D eigenvalue weighted by Crippen LogP contribution is -2.49. The number of nitrogens with one attached hydrogen (secondary N) is 2. The van der Waals surface area contributed by atoms with Crippen LogP contribution in [0, 0.1) is 0 Å². The molecule has 0 aliphatic heterocycles. The SMILES string of the molecule is CCC(N)(CC)CNC(=O)c1cccc(NC(=O)CCn2ccnc2)c1. The summed E-state index contributed by atoms with van der Waals surface area (Å²) < 4.78 is 1.84. The van der Waals surface area contributed by atoms with Gasteiger partial charge >= 0.3 is 0 Å². The first-order valence-corrected chi connectivity index (χ1v) is 8.88. The fourth-order valence-corrected chi connectivity index (χ4v) is 2.47. The molecule has 2 amide bonds. The van der Waals surface area contributed by atoms with Crippen molar-refractivity contribution >= 4 is 17.5 Å². The van der Waals surface area contributed by atoms with E-state index in [2.05, 4.69) is 15.6 Å². The van der Waals surface area contributed by atoms with E-state index in [4.69, 9.17) is 5.73 Å². The van der Waals surface area contributed by atoms with Crippen LogP contribution in [0.3, 0.4) is 0 Å². The number of nitrogens with two attached hydrogens (primary N) is 1. The van der Waals surface area contributed by atoms with Crippen molar-refractivity contribution in [1.29, 1.82) is 0 Å². The van der Waals surface area contributed by atoms with Crippen molar-refractivity contribution in [2.75, 3.05) is 11.9 Å². The van der Waals surface area contributed by atoms with Crippen LogP contribution >= 0.6 is 0 Å². The van der Waals surface area contributed by atoms with Crippen molar-refractivity contribution in [3.05, 3.63) is 48.5 Å². The van der Waals surface area contributed by atoms with Crippen LogP contribution in [0.25, 0.3) is 0 Å². The normalized spacial score (nSPS) is 11.2. The van der Waals surface area contributed by atoms with Crippen LogP contribution in [0.2, 0.25) is 0 Å². The van der Waals surface area contributed by atoms with Crippen molar-refractivity contribution in [3.63, 3.8) is 0 Å². The van der Waals surface area contributed by atoms with Crippen LogP contribution < -0.4 is 16.4 Å². The Morgan fingerprint density at radius 2 is 2.04 bits per heavy atom. The highest BCUT2D eigenvalue weighted by molar-refractivity contribution is 5.97. The Kier molecular flexibility index (Phi) is 6.91. The number of amides is 2. The minimum atomic E-state index is -0.394. The van der Waals surface area contributed by atoms with Crippen molar-refractivity contribution in [3.8, 4) is 0 Å². The molecule has 1 heterocycles. The van der Waals surface area contributed by atoms with Gasteiger partial charge in [0.2, 0.25) is 5.91 Å². The highest BCUT2D eigenvalue weighted by Gasteiger charge is 2.21. The van der Waals surface area contributed by atoms with E-state index < -0.39 is 5.54 Å². The summed E-state index contributed by atoms with van der Waals surface area (Å²) in [6.07, 6.45) is 7.06. The molecule has 0 radical (unpaired) electrons. The van der Waals surface area contributed by atoms with Crippen LogP contribution in [0.15, 0.2) is 43.0 Å². The number of hydrogen-bond acceptors (Lipinski definition) is 4. The molecule has 0 aliphatic carbocycles. The summed E-state index contributed by atoms with van der Waals surface area (Å²) in [6, 6.07) is 6.89. The Morgan fingerprint density at radius 3 is 2.69 bits per heavy atom. The number of nitrogens with zero attached hydrogens (tertiary/aromatic N) is 2. The molecule has 0 saturated carbocycles. The predicted octanol–water partition coefficient (Wildman–Crippen LogP) is 2.16. The van der Waals surface area contributed by atoms with Gasteiger partial charge < -0.3 is 20.9 Å². The molecule has 7 nitrogen and oxygen atoms in total. The molecule has 0 spiro atoms. The van der Waals surface area contributed by atoms with Gasteiger partial charge in [-0.15, -0.1) is 0 Å². The van der Waals surface area contributed by atoms with Crippen molar-refractivity contribution in [2.24, 2.45) is 5.73 Å². The second-order valence-corrected chi connectivity index (χ2v) is 6.43. The molecule has 0 fully saturated rings. The molecule has 1 aromatic carbocycles. The number of aryl methyl sites for hydroxylation is 1. The second kappa shape index (κ2) is 9.15. The van der Waals surface area contributed by atoms with Gasteiger partial charge in [0.05, 0.1) is 6.33 Å². The highest BCUT2D eigenvalue weighted by atomic mass is 16.2. The average molecular weight is 357 g/mol. The van der Waals surface area contributed by atoms with Gasteiger partial charge in [-0.25, -0.2) is 4.98 Å². The van der Waals surface area contributed by atoms with Gasteiger partial charge in [0.15, 0.2) is 0 Å². The summed E-state index contributed by atoms with van der Waals surface area (Å²) in [7, 11) is 0. The van der Waals surface area contributed by atoms with E-state index in [1.165, 1.54) is 0 Å². The Labute approximate surface area is 154 Å². The van der Waals surface area contributed by atoms with Gasteiger partial charge in [-0.05, 0) is 31.0 Å². The summed E-state index contributed by atoms with van der Waals surface area (Å²) in [4.78, 5) is 28.4. The van der Waals surface area contributed by atoms with Crippen molar-refractivity contribution in [2.45, 2.75) is 45.2 Å². The van der Waals surface area contributed by atoms with Crippen LogP contribution in [-0.2, 0) is 11.3 Å². The summed E-state index contributed by atoms with van der Waals surface area (Å²) in [5.41, 5.74) is 6.91. The van der Waals surface area contributed by atoms with Gasteiger partial charge in [0.25, 0.3) is 5.91 Å². The van der Waals surface area contributed by atoms with Gasteiger partial charge in [-0.1, -0.05) is 19.9 Å².